The van der Waals surface area contributed by atoms with Gasteiger partial charge in [-0.1, -0.05) is 19.1 Å². The molecule has 0 aliphatic rings. The Labute approximate surface area is 100 Å². The van der Waals surface area contributed by atoms with Crippen molar-refractivity contribution < 1.29 is 9.90 Å². The van der Waals surface area contributed by atoms with Gasteiger partial charge in [-0.2, -0.15) is 11.8 Å². The lowest BCUT2D eigenvalue weighted by molar-refractivity contribution is 0.100. The van der Waals surface area contributed by atoms with Gasteiger partial charge in [0, 0.05) is 17.9 Å². The van der Waals surface area contributed by atoms with E-state index in [9.17, 15) is 4.79 Å². The summed E-state index contributed by atoms with van der Waals surface area (Å²) in [6, 6.07) is 7.31. The van der Waals surface area contributed by atoms with Crippen LogP contribution in [0.25, 0.3) is 0 Å². The molecular formula is C12H17NO2S. The molecule has 0 bridgehead atoms. The number of aliphatic hydroxyl groups is 1. The largest absolute Gasteiger partial charge is 0.396 e. The maximum atomic E-state index is 10.8. The summed E-state index contributed by atoms with van der Waals surface area (Å²) in [6.45, 7) is 2.25. The van der Waals surface area contributed by atoms with Gasteiger partial charge >= 0.3 is 0 Å². The average molecular weight is 239 g/mol. The second-order valence-electron chi connectivity index (χ2n) is 3.86. The molecule has 1 unspecified atom stereocenters. The molecule has 1 rings (SSSR count). The Hall–Kier alpha value is -1.00. The Morgan fingerprint density at radius 1 is 1.44 bits per heavy atom. The number of hydrogen-bond donors (Lipinski definition) is 2. The monoisotopic (exact) mass is 239 g/mol. The van der Waals surface area contributed by atoms with Crippen LogP contribution >= 0.6 is 11.8 Å². The zero-order valence-electron chi connectivity index (χ0n) is 9.35. The van der Waals surface area contributed by atoms with Gasteiger partial charge in [-0.3, -0.25) is 4.79 Å². The van der Waals surface area contributed by atoms with Crippen LogP contribution in [0.5, 0.6) is 0 Å². The summed E-state index contributed by atoms with van der Waals surface area (Å²) in [4.78, 5) is 10.8. The first-order valence-corrected chi connectivity index (χ1v) is 6.36. The molecule has 0 aromatic heterocycles. The maximum Gasteiger partial charge on any atom is 0.248 e. The molecule has 1 atom stereocenters. The first-order chi connectivity index (χ1) is 7.63. The van der Waals surface area contributed by atoms with Crippen LogP contribution in [0.15, 0.2) is 24.3 Å². The highest BCUT2D eigenvalue weighted by molar-refractivity contribution is 7.98. The minimum absolute atomic E-state index is 0.230. The SMILES string of the molecule is CC(CO)CSCc1ccc(C(N)=O)cc1. The number of benzene rings is 1. The van der Waals surface area contributed by atoms with Crippen LogP contribution in [-0.4, -0.2) is 23.4 Å². The fourth-order valence-electron chi connectivity index (χ4n) is 1.20. The number of amides is 1. The van der Waals surface area contributed by atoms with Gasteiger partial charge in [-0.15, -0.1) is 0 Å². The van der Waals surface area contributed by atoms with Crippen LogP contribution in [0, 0.1) is 5.92 Å². The van der Waals surface area contributed by atoms with E-state index in [0.29, 0.717) is 11.5 Å². The maximum absolute atomic E-state index is 10.8. The van der Waals surface area contributed by atoms with Crippen LogP contribution < -0.4 is 5.73 Å². The van der Waals surface area contributed by atoms with Crippen LogP contribution in [0.1, 0.15) is 22.8 Å². The van der Waals surface area contributed by atoms with Gasteiger partial charge in [0.15, 0.2) is 0 Å². The molecular weight excluding hydrogens is 222 g/mol. The van der Waals surface area contributed by atoms with E-state index in [1.165, 1.54) is 5.56 Å². The van der Waals surface area contributed by atoms with Gasteiger partial charge in [0.25, 0.3) is 0 Å². The number of primary amides is 1. The molecule has 0 fully saturated rings. The van der Waals surface area contributed by atoms with E-state index < -0.39 is 5.91 Å². The highest BCUT2D eigenvalue weighted by atomic mass is 32.2. The molecule has 1 amide bonds. The summed E-state index contributed by atoms with van der Waals surface area (Å²) in [6.07, 6.45) is 0. The minimum Gasteiger partial charge on any atom is -0.396 e. The summed E-state index contributed by atoms with van der Waals surface area (Å²) in [5, 5.41) is 8.86. The molecule has 0 saturated heterocycles. The minimum atomic E-state index is -0.395. The molecule has 4 heteroatoms. The Balaban J connectivity index is 2.40. The zero-order chi connectivity index (χ0) is 12.0. The molecule has 0 spiro atoms. The van der Waals surface area contributed by atoms with E-state index >= 15 is 0 Å². The van der Waals surface area contributed by atoms with Crippen LogP contribution in [0.3, 0.4) is 0 Å². The first kappa shape index (κ1) is 13.1. The number of aliphatic hydroxyl groups excluding tert-OH is 1. The standard InChI is InChI=1S/C12H17NO2S/c1-9(6-14)7-16-8-10-2-4-11(5-3-10)12(13)15/h2-5,9,14H,6-8H2,1H3,(H2,13,15). The highest BCUT2D eigenvalue weighted by Gasteiger charge is 2.02. The van der Waals surface area contributed by atoms with Gasteiger partial charge in [0.05, 0.1) is 0 Å². The van der Waals surface area contributed by atoms with Gasteiger partial charge in [-0.25, -0.2) is 0 Å². The van der Waals surface area contributed by atoms with Gasteiger partial charge < -0.3 is 10.8 Å². The van der Waals surface area contributed by atoms with Crippen molar-refractivity contribution in [3.8, 4) is 0 Å². The van der Waals surface area contributed by atoms with E-state index in [2.05, 4.69) is 0 Å². The number of carbonyl (C=O) groups excluding carboxylic acids is 1. The second-order valence-corrected chi connectivity index (χ2v) is 4.89. The quantitative estimate of drug-likeness (QED) is 0.793. The number of hydrogen-bond acceptors (Lipinski definition) is 3. The predicted octanol–water partition coefficient (Wildman–Crippen LogP) is 1.65. The molecule has 88 valence electrons. The third-order valence-corrected chi connectivity index (χ3v) is 3.56. The topological polar surface area (TPSA) is 63.3 Å². The molecule has 0 heterocycles. The van der Waals surface area contributed by atoms with Crippen molar-refractivity contribution in [3.05, 3.63) is 35.4 Å². The van der Waals surface area contributed by atoms with Crippen molar-refractivity contribution in [1.29, 1.82) is 0 Å². The lowest BCUT2D eigenvalue weighted by Gasteiger charge is -2.07. The number of thioether (sulfide) groups is 1. The first-order valence-electron chi connectivity index (χ1n) is 5.21. The molecule has 0 saturated carbocycles. The lowest BCUT2D eigenvalue weighted by Crippen LogP contribution is -2.10. The van der Waals surface area contributed by atoms with Gasteiger partial charge in [-0.05, 0) is 29.4 Å². The van der Waals surface area contributed by atoms with E-state index in [-0.39, 0.29) is 6.61 Å². The molecule has 1 aromatic carbocycles. The Bertz CT molecular complexity index is 337. The average Bonchev–Trinajstić information content (AvgIpc) is 2.29. The molecule has 1 aromatic rings. The summed E-state index contributed by atoms with van der Waals surface area (Å²) in [5.74, 6) is 1.76. The van der Waals surface area contributed by atoms with Crippen molar-refractivity contribution in [1.82, 2.24) is 0 Å². The molecule has 3 N–H and O–H groups in total. The molecule has 0 aliphatic carbocycles. The number of nitrogens with two attached hydrogens (primary N) is 1. The summed E-state index contributed by atoms with van der Waals surface area (Å²) >= 11 is 1.78. The van der Waals surface area contributed by atoms with Crippen molar-refractivity contribution in [2.45, 2.75) is 12.7 Å². The van der Waals surface area contributed by atoms with E-state index in [0.717, 1.165) is 11.5 Å². The zero-order valence-corrected chi connectivity index (χ0v) is 10.2. The smallest absolute Gasteiger partial charge is 0.248 e. The Morgan fingerprint density at radius 2 is 2.06 bits per heavy atom. The number of rotatable bonds is 6. The van der Waals surface area contributed by atoms with Crippen molar-refractivity contribution in [2.75, 3.05) is 12.4 Å². The highest BCUT2D eigenvalue weighted by Crippen LogP contribution is 2.15. The van der Waals surface area contributed by atoms with E-state index in [4.69, 9.17) is 10.8 Å². The van der Waals surface area contributed by atoms with Crippen LogP contribution in [0.2, 0.25) is 0 Å². The Morgan fingerprint density at radius 3 is 2.56 bits per heavy atom. The van der Waals surface area contributed by atoms with Crippen molar-refractivity contribution >= 4 is 17.7 Å². The van der Waals surface area contributed by atoms with Gasteiger partial charge in [0.2, 0.25) is 5.91 Å². The molecule has 3 nitrogen and oxygen atoms in total. The Kier molecular flexibility index (Phi) is 5.35. The third kappa shape index (κ3) is 4.24. The number of carbonyl (C=O) groups is 1. The predicted molar refractivity (Wildman–Crippen MR) is 67.4 cm³/mol. The third-order valence-electron chi connectivity index (χ3n) is 2.22. The second kappa shape index (κ2) is 6.55. The molecule has 0 radical (unpaired) electrons. The summed E-state index contributed by atoms with van der Waals surface area (Å²) in [7, 11) is 0. The van der Waals surface area contributed by atoms with Crippen LogP contribution in [0.4, 0.5) is 0 Å². The summed E-state index contributed by atoms with van der Waals surface area (Å²) in [5.41, 5.74) is 6.86. The van der Waals surface area contributed by atoms with E-state index in [1.54, 1.807) is 23.9 Å². The normalized spacial score (nSPS) is 12.4. The lowest BCUT2D eigenvalue weighted by atomic mass is 10.1. The molecule has 0 aliphatic heterocycles. The van der Waals surface area contributed by atoms with Crippen molar-refractivity contribution in [3.63, 3.8) is 0 Å². The fourth-order valence-corrected chi connectivity index (χ4v) is 2.25. The van der Waals surface area contributed by atoms with Gasteiger partial charge in [0.1, 0.15) is 0 Å². The molecule has 16 heavy (non-hydrogen) atoms. The summed E-state index contributed by atoms with van der Waals surface area (Å²) < 4.78 is 0. The van der Waals surface area contributed by atoms with Crippen molar-refractivity contribution in [2.24, 2.45) is 11.7 Å². The van der Waals surface area contributed by atoms with Crippen LogP contribution in [-0.2, 0) is 5.75 Å². The fraction of sp³-hybridized carbons (Fsp3) is 0.417. The van der Waals surface area contributed by atoms with E-state index in [1.807, 2.05) is 19.1 Å².